The Kier molecular flexibility index (Phi) is 4.69. The van der Waals surface area contributed by atoms with Crippen LogP contribution in [0.2, 0.25) is 0 Å². The van der Waals surface area contributed by atoms with Crippen molar-refractivity contribution in [3.8, 4) is 0 Å². The highest BCUT2D eigenvalue weighted by Gasteiger charge is 2.20. The lowest BCUT2D eigenvalue weighted by molar-refractivity contribution is 0.604. The summed E-state index contributed by atoms with van der Waals surface area (Å²) in [6, 6.07) is 10.5. The molecule has 0 aliphatic carbocycles. The highest BCUT2D eigenvalue weighted by molar-refractivity contribution is 7.84. The molecule has 1 N–H and O–H groups in total. The van der Waals surface area contributed by atoms with Gasteiger partial charge in [-0.05, 0) is 39.7 Å². The molecule has 0 bridgehead atoms. The topological polar surface area (TPSA) is 29.1 Å². The van der Waals surface area contributed by atoms with Crippen LogP contribution in [0.4, 0.5) is 0 Å². The predicted molar refractivity (Wildman–Crippen MR) is 70.6 cm³/mol. The van der Waals surface area contributed by atoms with E-state index in [0.717, 1.165) is 6.42 Å². The van der Waals surface area contributed by atoms with Crippen molar-refractivity contribution in [1.29, 1.82) is 0 Å². The van der Waals surface area contributed by atoms with Crippen LogP contribution in [0.1, 0.15) is 33.3 Å². The van der Waals surface area contributed by atoms with Crippen molar-refractivity contribution in [3.05, 3.63) is 35.9 Å². The van der Waals surface area contributed by atoms with Crippen LogP contribution in [0.15, 0.2) is 30.3 Å². The van der Waals surface area contributed by atoms with Gasteiger partial charge in [0.1, 0.15) is 0 Å². The maximum absolute atomic E-state index is 11.9. The quantitative estimate of drug-likeness (QED) is 0.860. The second-order valence-electron chi connectivity index (χ2n) is 5.09. The van der Waals surface area contributed by atoms with E-state index in [2.05, 4.69) is 23.8 Å². The molecular formula is C13H21NOS. The number of hydrogen-bond donors (Lipinski definition) is 1. The Labute approximate surface area is 101 Å². The molecule has 1 aromatic rings. The van der Waals surface area contributed by atoms with E-state index in [1.807, 2.05) is 39.0 Å². The van der Waals surface area contributed by atoms with Crippen molar-refractivity contribution < 1.29 is 4.21 Å². The molecule has 2 atom stereocenters. The number of benzene rings is 1. The van der Waals surface area contributed by atoms with Crippen LogP contribution in [-0.2, 0) is 17.4 Å². The molecular weight excluding hydrogens is 218 g/mol. The molecule has 0 radical (unpaired) electrons. The van der Waals surface area contributed by atoms with Crippen molar-refractivity contribution in [3.63, 3.8) is 0 Å². The normalized spacial score (nSPS) is 15.8. The van der Waals surface area contributed by atoms with E-state index in [4.69, 9.17) is 0 Å². The lowest BCUT2D eigenvalue weighted by atomic mass is 10.1. The van der Waals surface area contributed by atoms with Crippen LogP contribution in [-0.4, -0.2) is 15.0 Å². The van der Waals surface area contributed by atoms with Gasteiger partial charge in [-0.2, -0.15) is 0 Å². The molecule has 0 fully saturated rings. The molecule has 0 aliphatic rings. The summed E-state index contributed by atoms with van der Waals surface area (Å²) >= 11 is 0. The summed E-state index contributed by atoms with van der Waals surface area (Å²) in [5, 5.41) is 0. The molecule has 0 aromatic heterocycles. The van der Waals surface area contributed by atoms with Gasteiger partial charge < -0.3 is 0 Å². The smallest absolute Gasteiger partial charge is 0.0972 e. The summed E-state index contributed by atoms with van der Waals surface area (Å²) in [4.78, 5) is 0. The van der Waals surface area contributed by atoms with Crippen molar-refractivity contribution in [1.82, 2.24) is 4.72 Å². The molecule has 16 heavy (non-hydrogen) atoms. The van der Waals surface area contributed by atoms with Crippen molar-refractivity contribution in [2.45, 2.75) is 44.9 Å². The molecule has 0 spiro atoms. The minimum Gasteiger partial charge on any atom is -0.242 e. The van der Waals surface area contributed by atoms with Gasteiger partial charge in [0.25, 0.3) is 0 Å². The fraction of sp³-hybridized carbons (Fsp3) is 0.538. The molecule has 90 valence electrons. The zero-order chi connectivity index (χ0) is 12.2. The summed E-state index contributed by atoms with van der Waals surface area (Å²) in [7, 11) is -0.991. The van der Waals surface area contributed by atoms with E-state index < -0.39 is 11.0 Å². The molecule has 0 aliphatic heterocycles. The SMILES string of the molecule is C[C@@H](Cc1ccccc1)N[S@](=O)C(C)(C)C. The van der Waals surface area contributed by atoms with Gasteiger partial charge in [0, 0.05) is 6.04 Å². The average Bonchev–Trinajstić information content (AvgIpc) is 2.17. The van der Waals surface area contributed by atoms with E-state index >= 15 is 0 Å². The van der Waals surface area contributed by atoms with Crippen LogP contribution in [0.25, 0.3) is 0 Å². The first-order chi connectivity index (χ1) is 7.39. The molecule has 0 saturated carbocycles. The van der Waals surface area contributed by atoms with Gasteiger partial charge in [-0.3, -0.25) is 0 Å². The summed E-state index contributed by atoms with van der Waals surface area (Å²) in [6.07, 6.45) is 0.905. The largest absolute Gasteiger partial charge is 0.242 e. The van der Waals surface area contributed by atoms with Crippen molar-refractivity contribution in [2.24, 2.45) is 0 Å². The van der Waals surface area contributed by atoms with Gasteiger partial charge in [-0.1, -0.05) is 30.3 Å². The van der Waals surface area contributed by atoms with Crippen LogP contribution in [0.3, 0.4) is 0 Å². The maximum Gasteiger partial charge on any atom is 0.0972 e. The van der Waals surface area contributed by atoms with Crippen LogP contribution in [0, 0.1) is 0 Å². The third-order valence-electron chi connectivity index (χ3n) is 2.25. The van der Waals surface area contributed by atoms with Crippen LogP contribution < -0.4 is 4.72 Å². The lowest BCUT2D eigenvalue weighted by Gasteiger charge is -2.21. The summed E-state index contributed by atoms with van der Waals surface area (Å²) < 4.78 is 14.8. The molecule has 0 saturated heterocycles. The summed E-state index contributed by atoms with van der Waals surface area (Å²) in [5.41, 5.74) is 1.27. The molecule has 1 rings (SSSR count). The van der Waals surface area contributed by atoms with Gasteiger partial charge in [-0.15, -0.1) is 0 Å². The van der Waals surface area contributed by atoms with Gasteiger partial charge in [0.15, 0.2) is 0 Å². The first-order valence-electron chi connectivity index (χ1n) is 5.61. The molecule has 0 unspecified atom stereocenters. The maximum atomic E-state index is 11.9. The third-order valence-corrected chi connectivity index (χ3v) is 3.98. The van der Waals surface area contributed by atoms with Crippen molar-refractivity contribution >= 4 is 11.0 Å². The van der Waals surface area contributed by atoms with Gasteiger partial charge in [0.2, 0.25) is 0 Å². The van der Waals surface area contributed by atoms with E-state index in [0.29, 0.717) is 0 Å². The Hall–Kier alpha value is -0.670. The summed E-state index contributed by atoms with van der Waals surface area (Å²) in [5.74, 6) is 0. The Bertz CT molecular complexity index is 343. The zero-order valence-corrected chi connectivity index (χ0v) is 11.3. The second kappa shape index (κ2) is 5.60. The van der Waals surface area contributed by atoms with E-state index in [1.54, 1.807) is 0 Å². The highest BCUT2D eigenvalue weighted by atomic mass is 32.2. The fourth-order valence-electron chi connectivity index (χ4n) is 1.37. The standard InChI is InChI=1S/C13H21NOS/c1-11(14-16(15)13(2,3)4)10-12-8-6-5-7-9-12/h5-9,11,14H,10H2,1-4H3/t11-,16+/m0/s1. The first kappa shape index (κ1) is 13.4. The lowest BCUT2D eigenvalue weighted by Crippen LogP contribution is -2.39. The van der Waals surface area contributed by atoms with E-state index in [1.165, 1.54) is 5.56 Å². The van der Waals surface area contributed by atoms with Gasteiger partial charge in [0.05, 0.1) is 15.7 Å². The monoisotopic (exact) mass is 239 g/mol. The van der Waals surface area contributed by atoms with Crippen molar-refractivity contribution in [2.75, 3.05) is 0 Å². The van der Waals surface area contributed by atoms with Gasteiger partial charge in [-0.25, -0.2) is 8.93 Å². The number of nitrogens with one attached hydrogen (secondary N) is 1. The summed E-state index contributed by atoms with van der Waals surface area (Å²) in [6.45, 7) is 8.00. The average molecular weight is 239 g/mol. The van der Waals surface area contributed by atoms with E-state index in [9.17, 15) is 4.21 Å². The Morgan fingerprint density at radius 1 is 1.25 bits per heavy atom. The molecule has 0 heterocycles. The Morgan fingerprint density at radius 3 is 2.31 bits per heavy atom. The number of rotatable bonds is 4. The third kappa shape index (κ3) is 4.45. The predicted octanol–water partition coefficient (Wildman–Crippen LogP) is 2.67. The minimum absolute atomic E-state index is 0.203. The fourth-order valence-corrected chi connectivity index (χ4v) is 2.17. The Morgan fingerprint density at radius 2 is 1.81 bits per heavy atom. The molecule has 0 amide bonds. The first-order valence-corrected chi connectivity index (χ1v) is 6.76. The molecule has 2 nitrogen and oxygen atoms in total. The molecule has 1 aromatic carbocycles. The van der Waals surface area contributed by atoms with Gasteiger partial charge >= 0.3 is 0 Å². The number of hydrogen-bond acceptors (Lipinski definition) is 1. The molecule has 3 heteroatoms. The van der Waals surface area contributed by atoms with Crippen LogP contribution >= 0.6 is 0 Å². The van der Waals surface area contributed by atoms with Crippen LogP contribution in [0.5, 0.6) is 0 Å². The highest BCUT2D eigenvalue weighted by Crippen LogP contribution is 2.10. The van der Waals surface area contributed by atoms with E-state index in [-0.39, 0.29) is 10.8 Å². The second-order valence-corrected chi connectivity index (χ2v) is 7.09. The minimum atomic E-state index is -0.991. The zero-order valence-electron chi connectivity index (χ0n) is 10.5. The Balaban J connectivity index is 2.49.